The van der Waals surface area contributed by atoms with Crippen molar-refractivity contribution in [2.75, 3.05) is 0 Å². The van der Waals surface area contributed by atoms with E-state index >= 15 is 0 Å². The van der Waals surface area contributed by atoms with E-state index in [0.29, 0.717) is 0 Å². The van der Waals surface area contributed by atoms with Gasteiger partial charge in [0.05, 0.1) is 5.58 Å². The first kappa shape index (κ1) is 35.4. The van der Waals surface area contributed by atoms with Gasteiger partial charge in [0.1, 0.15) is 5.58 Å². The van der Waals surface area contributed by atoms with Gasteiger partial charge in [0.25, 0.3) is 0 Å². The van der Waals surface area contributed by atoms with Crippen molar-refractivity contribution in [2.24, 2.45) is 5.41 Å². The number of nitrogens with zero attached hydrogens (tertiary/aromatic N) is 2. The fourth-order valence-electron chi connectivity index (χ4n) is 5.58. The van der Waals surface area contributed by atoms with Crippen LogP contribution in [0.5, 0.6) is 0 Å². The van der Waals surface area contributed by atoms with Gasteiger partial charge in [-0.15, -0.1) is 23.8 Å². The quantitative estimate of drug-likeness (QED) is 0.128. The van der Waals surface area contributed by atoms with Crippen molar-refractivity contribution >= 4 is 39.6 Å². The molecule has 3 nitrogen and oxygen atoms in total. The Hall–Kier alpha value is -3.90. The van der Waals surface area contributed by atoms with E-state index in [1.54, 1.807) is 6.07 Å². The van der Waals surface area contributed by atoms with E-state index < -0.39 is 13.3 Å². The second kappa shape index (κ2) is 14.7. The normalized spacial score (nSPS) is 11.6. The predicted octanol–water partition coefficient (Wildman–Crippen LogP) is 10.9. The van der Waals surface area contributed by atoms with Crippen LogP contribution in [0.4, 0.5) is 4.39 Å². The van der Waals surface area contributed by atoms with E-state index in [0.717, 1.165) is 56.4 Å². The van der Waals surface area contributed by atoms with Gasteiger partial charge < -0.3 is 9.40 Å². The molecule has 7 aromatic rings. The van der Waals surface area contributed by atoms with Crippen molar-refractivity contribution in [2.45, 2.75) is 44.5 Å². The summed E-state index contributed by atoms with van der Waals surface area (Å²) in [5.41, 5.74) is 9.25. The molecular weight excluding hydrogens is 832 g/mol. The van der Waals surface area contributed by atoms with E-state index in [9.17, 15) is 4.39 Å². The van der Waals surface area contributed by atoms with Gasteiger partial charge in [-0.25, -0.2) is 0 Å². The monoisotopic (exact) mass is 873 g/mol. The van der Waals surface area contributed by atoms with Crippen LogP contribution in [0.2, 0.25) is 17.3 Å². The van der Waals surface area contributed by atoms with E-state index in [1.807, 2.05) is 30.6 Å². The molecule has 3 heterocycles. The Labute approximate surface area is 299 Å². The zero-order valence-electron chi connectivity index (χ0n) is 28.2. The minimum atomic E-state index is -1.79. The van der Waals surface area contributed by atoms with Gasteiger partial charge in [0.2, 0.25) is 0 Å². The molecule has 0 aliphatic heterocycles. The molecule has 0 aliphatic carbocycles. The second-order valence-electron chi connectivity index (χ2n) is 14.2. The number of fused-ring (bicyclic) bond motifs is 3. The summed E-state index contributed by atoms with van der Waals surface area (Å²) in [6.45, 7) is 6.77. The standard InChI is InChI=1S/C28H24NO.C14H15FGeN.Ir/c1-28(2,3)18-19-13-14-29-25(15-19)22-10-12-26-24(16-22)23-11-9-21(17-27(23)30-26)20-7-5-4-6-8-20;1-16(2,3)13-8-9-14(17-10-13)11-4-6-12(15)7-5-11;/h4-9,11-17H,18H2,1-3H3;4,6-10H,1-3H3;/q2*-1;. The summed E-state index contributed by atoms with van der Waals surface area (Å²) in [6.07, 6.45) is 4.86. The van der Waals surface area contributed by atoms with Gasteiger partial charge >= 0.3 is 104 Å². The molecule has 0 amide bonds. The zero-order chi connectivity index (χ0) is 33.2. The molecule has 0 saturated heterocycles. The molecule has 0 atom stereocenters. The molecule has 0 bridgehead atoms. The van der Waals surface area contributed by atoms with Gasteiger partial charge in [0, 0.05) is 31.7 Å². The second-order valence-corrected chi connectivity index (χ2v) is 24.8. The molecule has 0 saturated carbocycles. The van der Waals surface area contributed by atoms with E-state index in [2.05, 4.69) is 127 Å². The Morgan fingerprint density at radius 3 is 2.15 bits per heavy atom. The van der Waals surface area contributed by atoms with Crippen LogP contribution in [-0.4, -0.2) is 23.2 Å². The van der Waals surface area contributed by atoms with Crippen LogP contribution in [0.1, 0.15) is 26.3 Å². The average molecular weight is 872 g/mol. The van der Waals surface area contributed by atoms with Crippen molar-refractivity contribution in [3.05, 3.63) is 139 Å². The number of rotatable bonds is 5. The molecule has 3 aromatic heterocycles. The van der Waals surface area contributed by atoms with Crippen molar-refractivity contribution in [3.63, 3.8) is 0 Å². The summed E-state index contributed by atoms with van der Waals surface area (Å²) in [7, 11) is 0. The molecule has 7 rings (SSSR count). The molecule has 245 valence electrons. The summed E-state index contributed by atoms with van der Waals surface area (Å²) in [4.78, 5) is 9.04. The Morgan fingerprint density at radius 2 is 1.48 bits per heavy atom. The number of hydrogen-bond acceptors (Lipinski definition) is 3. The van der Waals surface area contributed by atoms with Crippen molar-refractivity contribution in [1.29, 1.82) is 0 Å². The summed E-state index contributed by atoms with van der Waals surface area (Å²) in [5.74, 6) is 6.73. The number of halogens is 1. The molecule has 0 unspecified atom stereocenters. The van der Waals surface area contributed by atoms with Crippen LogP contribution < -0.4 is 4.40 Å². The maximum Gasteiger partial charge on any atom is 0 e. The SMILES string of the molecule is CC(C)(C)Cc1ccnc(-c2[c-]cc3oc4cc(-c5ccccc5)ccc4c3c2)c1.[CH3][Ge]([CH3])([CH3])[c]1ccc(-c2[c-]cc(F)cc2)nc1.[Ir]. The largest absolute Gasteiger partial charge is 0 e. The third-order valence-electron chi connectivity index (χ3n) is 8.03. The number of aromatic nitrogens is 2. The van der Waals surface area contributed by atoms with Crippen LogP contribution in [0, 0.1) is 23.4 Å². The topological polar surface area (TPSA) is 38.9 Å². The van der Waals surface area contributed by atoms with Crippen LogP contribution in [-0.2, 0) is 26.5 Å². The summed E-state index contributed by atoms with van der Waals surface area (Å²) in [6, 6.07) is 40.0. The van der Waals surface area contributed by atoms with E-state index in [1.165, 1.54) is 27.7 Å². The molecule has 6 heteroatoms. The molecular formula is C42H39FGeIrN2O-2. The third kappa shape index (κ3) is 8.57. The number of pyridine rings is 2. The maximum absolute atomic E-state index is 12.8. The first-order chi connectivity index (χ1) is 22.4. The summed E-state index contributed by atoms with van der Waals surface area (Å²) < 4.78 is 20.3. The summed E-state index contributed by atoms with van der Waals surface area (Å²) in [5, 5.41) is 2.21. The fraction of sp³-hybridized carbons (Fsp3) is 0.190. The van der Waals surface area contributed by atoms with Crippen molar-refractivity contribution < 1.29 is 28.9 Å². The van der Waals surface area contributed by atoms with Crippen LogP contribution in [0.15, 0.2) is 120 Å². The molecule has 0 N–H and O–H groups in total. The van der Waals surface area contributed by atoms with Gasteiger partial charge in [-0.3, -0.25) is 0 Å². The van der Waals surface area contributed by atoms with Gasteiger partial charge in [-0.2, -0.15) is 0 Å². The van der Waals surface area contributed by atoms with Crippen molar-refractivity contribution in [3.8, 4) is 33.6 Å². The van der Waals surface area contributed by atoms with E-state index in [4.69, 9.17) is 4.42 Å². The molecule has 1 radical (unpaired) electrons. The predicted molar refractivity (Wildman–Crippen MR) is 196 cm³/mol. The Kier molecular flexibility index (Phi) is 10.8. The van der Waals surface area contributed by atoms with Gasteiger partial charge in [-0.05, 0) is 40.8 Å². The third-order valence-corrected chi connectivity index (χ3v) is 12.3. The van der Waals surface area contributed by atoms with Crippen LogP contribution >= 0.6 is 0 Å². The van der Waals surface area contributed by atoms with Gasteiger partial charge in [-0.1, -0.05) is 80.3 Å². The first-order valence-electron chi connectivity index (χ1n) is 16.0. The summed E-state index contributed by atoms with van der Waals surface area (Å²) >= 11 is -1.79. The Balaban J connectivity index is 0.000000214. The van der Waals surface area contributed by atoms with Crippen molar-refractivity contribution in [1.82, 2.24) is 9.97 Å². The fourth-order valence-corrected chi connectivity index (χ4v) is 7.76. The maximum atomic E-state index is 12.8. The Bertz CT molecular complexity index is 2130. The molecule has 0 aliphatic rings. The minimum absolute atomic E-state index is 0. The smallest absolute Gasteiger partial charge is 0 e. The van der Waals surface area contributed by atoms with Crippen LogP contribution in [0.3, 0.4) is 0 Å². The molecule has 48 heavy (non-hydrogen) atoms. The number of furan rings is 1. The van der Waals surface area contributed by atoms with E-state index in [-0.39, 0.29) is 31.3 Å². The average Bonchev–Trinajstić information content (AvgIpc) is 3.42. The molecule has 0 fully saturated rings. The number of hydrogen-bond donors (Lipinski definition) is 0. The van der Waals surface area contributed by atoms with Gasteiger partial charge in [0.15, 0.2) is 0 Å². The number of benzene rings is 4. The molecule has 0 spiro atoms. The first-order valence-corrected chi connectivity index (χ1v) is 23.3. The zero-order valence-corrected chi connectivity index (χ0v) is 32.7. The molecule has 4 aromatic carbocycles. The van der Waals surface area contributed by atoms with Crippen LogP contribution in [0.25, 0.3) is 55.6 Å². The Morgan fingerprint density at radius 1 is 0.708 bits per heavy atom. The minimum Gasteiger partial charge on any atom is 0 e.